The van der Waals surface area contributed by atoms with Gasteiger partial charge >= 0.3 is 0 Å². The van der Waals surface area contributed by atoms with Gasteiger partial charge in [0.15, 0.2) is 23.1 Å². The summed E-state index contributed by atoms with van der Waals surface area (Å²) in [6.45, 7) is 4.03. The lowest BCUT2D eigenvalue weighted by Gasteiger charge is -2.03. The minimum atomic E-state index is 0.251. The molecular weight excluding hydrogens is 280 g/mol. The van der Waals surface area contributed by atoms with Gasteiger partial charge in [0, 0.05) is 18.2 Å². The van der Waals surface area contributed by atoms with Crippen molar-refractivity contribution in [2.75, 3.05) is 6.79 Å². The van der Waals surface area contributed by atoms with Crippen LogP contribution in [0.25, 0.3) is 22.7 Å². The van der Waals surface area contributed by atoms with Crippen molar-refractivity contribution in [2.24, 2.45) is 0 Å². The molecule has 110 valence electrons. The summed E-state index contributed by atoms with van der Waals surface area (Å²) in [6, 6.07) is 11.6. The van der Waals surface area contributed by atoms with Gasteiger partial charge in [-0.2, -0.15) is 0 Å². The van der Waals surface area contributed by atoms with E-state index < -0.39 is 0 Å². The zero-order valence-corrected chi connectivity index (χ0v) is 12.3. The average Bonchev–Trinajstić information content (AvgIpc) is 3.12. The van der Waals surface area contributed by atoms with Crippen molar-refractivity contribution >= 4 is 0 Å². The van der Waals surface area contributed by atoms with Crippen LogP contribution in [0.2, 0.25) is 0 Å². The van der Waals surface area contributed by atoms with E-state index in [1.807, 2.05) is 50.2 Å². The standard InChI is InChI=1S/C17H14N2O3/c1-10-4-3-5-13(18-10)16-17(22-11(2)19-16)12-6-7-14-15(8-12)21-9-20-14/h3-8H,9H2,1-2H3. The quantitative estimate of drug-likeness (QED) is 0.720. The van der Waals surface area contributed by atoms with Crippen LogP contribution >= 0.6 is 0 Å². The molecule has 4 rings (SSSR count). The second kappa shape index (κ2) is 4.87. The fourth-order valence-electron chi connectivity index (χ4n) is 2.51. The Morgan fingerprint density at radius 2 is 1.82 bits per heavy atom. The first-order chi connectivity index (χ1) is 10.7. The summed E-state index contributed by atoms with van der Waals surface area (Å²) in [7, 11) is 0. The molecule has 0 unspecified atom stereocenters. The number of nitrogens with zero attached hydrogens (tertiary/aromatic N) is 2. The molecule has 0 radical (unpaired) electrons. The van der Waals surface area contributed by atoms with E-state index in [0.29, 0.717) is 11.7 Å². The van der Waals surface area contributed by atoms with E-state index >= 15 is 0 Å². The lowest BCUT2D eigenvalue weighted by molar-refractivity contribution is 0.174. The van der Waals surface area contributed by atoms with E-state index in [0.717, 1.165) is 34.1 Å². The van der Waals surface area contributed by atoms with Gasteiger partial charge in [-0.3, -0.25) is 4.98 Å². The Bertz CT molecular complexity index is 855. The lowest BCUT2D eigenvalue weighted by atomic mass is 10.1. The maximum atomic E-state index is 5.81. The molecule has 0 aliphatic carbocycles. The Morgan fingerprint density at radius 1 is 0.955 bits per heavy atom. The Balaban J connectivity index is 1.86. The number of fused-ring (bicyclic) bond motifs is 1. The van der Waals surface area contributed by atoms with Gasteiger partial charge < -0.3 is 13.9 Å². The van der Waals surface area contributed by atoms with E-state index in [1.54, 1.807) is 0 Å². The molecule has 1 aliphatic rings. The maximum Gasteiger partial charge on any atom is 0.231 e. The van der Waals surface area contributed by atoms with Crippen molar-refractivity contribution in [2.45, 2.75) is 13.8 Å². The van der Waals surface area contributed by atoms with Gasteiger partial charge in [-0.05, 0) is 37.3 Å². The van der Waals surface area contributed by atoms with Crippen LogP contribution in [0.4, 0.5) is 0 Å². The smallest absolute Gasteiger partial charge is 0.231 e. The zero-order valence-electron chi connectivity index (χ0n) is 12.3. The summed E-state index contributed by atoms with van der Waals surface area (Å²) in [5.41, 5.74) is 3.36. The molecule has 0 amide bonds. The molecule has 3 aromatic rings. The van der Waals surface area contributed by atoms with Crippen molar-refractivity contribution in [3.63, 3.8) is 0 Å². The van der Waals surface area contributed by atoms with Gasteiger partial charge in [-0.15, -0.1) is 0 Å². The molecule has 5 nitrogen and oxygen atoms in total. The first-order valence-electron chi connectivity index (χ1n) is 7.02. The number of pyridine rings is 1. The van der Waals surface area contributed by atoms with Gasteiger partial charge in [0.05, 0.1) is 5.69 Å². The summed E-state index contributed by atoms with van der Waals surface area (Å²) < 4.78 is 16.6. The molecule has 0 fully saturated rings. The molecule has 5 heteroatoms. The molecule has 0 N–H and O–H groups in total. The van der Waals surface area contributed by atoms with Crippen molar-refractivity contribution in [3.05, 3.63) is 48.0 Å². The van der Waals surface area contributed by atoms with Crippen LogP contribution in [0.5, 0.6) is 11.5 Å². The Kier molecular flexibility index (Phi) is 2.85. The zero-order chi connectivity index (χ0) is 15.1. The monoisotopic (exact) mass is 294 g/mol. The number of rotatable bonds is 2. The predicted molar refractivity (Wildman–Crippen MR) is 80.8 cm³/mol. The number of aryl methyl sites for hydroxylation is 2. The lowest BCUT2D eigenvalue weighted by Crippen LogP contribution is -1.92. The molecule has 22 heavy (non-hydrogen) atoms. The predicted octanol–water partition coefficient (Wildman–Crippen LogP) is 3.75. The molecule has 3 heterocycles. The Labute approximate surface area is 127 Å². The fraction of sp³-hybridized carbons (Fsp3) is 0.176. The van der Waals surface area contributed by atoms with Crippen molar-refractivity contribution < 1.29 is 13.9 Å². The van der Waals surface area contributed by atoms with Crippen LogP contribution in [0.1, 0.15) is 11.6 Å². The van der Waals surface area contributed by atoms with E-state index in [4.69, 9.17) is 13.9 Å². The van der Waals surface area contributed by atoms with Crippen LogP contribution in [0.15, 0.2) is 40.8 Å². The first-order valence-corrected chi connectivity index (χ1v) is 7.02. The normalized spacial score (nSPS) is 12.6. The summed E-state index contributed by atoms with van der Waals surface area (Å²) in [4.78, 5) is 9.03. The molecule has 0 bridgehead atoms. The SMILES string of the molecule is Cc1cccc(-c2nc(C)oc2-c2ccc3c(c2)OCO3)n1. The largest absolute Gasteiger partial charge is 0.454 e. The topological polar surface area (TPSA) is 57.4 Å². The highest BCUT2D eigenvalue weighted by molar-refractivity contribution is 5.76. The van der Waals surface area contributed by atoms with Gasteiger partial charge in [-0.1, -0.05) is 6.07 Å². The Morgan fingerprint density at radius 3 is 2.68 bits per heavy atom. The minimum absolute atomic E-state index is 0.251. The Hall–Kier alpha value is -2.82. The van der Waals surface area contributed by atoms with Gasteiger partial charge in [0.2, 0.25) is 6.79 Å². The average molecular weight is 294 g/mol. The number of aromatic nitrogens is 2. The van der Waals surface area contributed by atoms with E-state index in [9.17, 15) is 0 Å². The molecule has 2 aromatic heterocycles. The molecule has 0 atom stereocenters. The van der Waals surface area contributed by atoms with Gasteiger partial charge in [0.1, 0.15) is 5.69 Å². The minimum Gasteiger partial charge on any atom is -0.454 e. The summed E-state index contributed by atoms with van der Waals surface area (Å²) in [6.07, 6.45) is 0. The molecular formula is C17H14N2O3. The first kappa shape index (κ1) is 12.9. The summed E-state index contributed by atoms with van der Waals surface area (Å²) in [5, 5.41) is 0. The second-order valence-electron chi connectivity index (χ2n) is 5.14. The van der Waals surface area contributed by atoms with Crippen molar-refractivity contribution in [3.8, 4) is 34.2 Å². The molecule has 1 aromatic carbocycles. The highest BCUT2D eigenvalue weighted by Crippen LogP contribution is 2.39. The second-order valence-corrected chi connectivity index (χ2v) is 5.14. The summed E-state index contributed by atoms with van der Waals surface area (Å²) in [5.74, 6) is 2.75. The maximum absolute atomic E-state index is 5.81. The van der Waals surface area contributed by atoms with E-state index in [1.165, 1.54) is 0 Å². The highest BCUT2D eigenvalue weighted by Gasteiger charge is 2.20. The summed E-state index contributed by atoms with van der Waals surface area (Å²) >= 11 is 0. The third-order valence-corrected chi connectivity index (χ3v) is 3.50. The van der Waals surface area contributed by atoms with Crippen molar-refractivity contribution in [1.29, 1.82) is 0 Å². The van der Waals surface area contributed by atoms with Crippen LogP contribution in [0, 0.1) is 13.8 Å². The highest BCUT2D eigenvalue weighted by atomic mass is 16.7. The van der Waals surface area contributed by atoms with Gasteiger partial charge in [0.25, 0.3) is 0 Å². The van der Waals surface area contributed by atoms with Crippen LogP contribution in [-0.2, 0) is 0 Å². The molecule has 0 saturated carbocycles. The van der Waals surface area contributed by atoms with Gasteiger partial charge in [-0.25, -0.2) is 4.98 Å². The number of hydrogen-bond donors (Lipinski definition) is 0. The molecule has 1 aliphatic heterocycles. The fourth-order valence-corrected chi connectivity index (χ4v) is 2.51. The third-order valence-electron chi connectivity index (χ3n) is 3.50. The van der Waals surface area contributed by atoms with Crippen molar-refractivity contribution in [1.82, 2.24) is 9.97 Å². The van der Waals surface area contributed by atoms with E-state index in [-0.39, 0.29) is 6.79 Å². The molecule has 0 saturated heterocycles. The van der Waals surface area contributed by atoms with E-state index in [2.05, 4.69) is 9.97 Å². The van der Waals surface area contributed by atoms with Crippen LogP contribution in [-0.4, -0.2) is 16.8 Å². The third kappa shape index (κ3) is 2.11. The number of benzene rings is 1. The molecule has 0 spiro atoms. The van der Waals surface area contributed by atoms with Crippen LogP contribution in [0.3, 0.4) is 0 Å². The number of ether oxygens (including phenoxy) is 2. The van der Waals surface area contributed by atoms with Crippen LogP contribution < -0.4 is 9.47 Å². The number of hydrogen-bond acceptors (Lipinski definition) is 5. The number of oxazole rings is 1.